The van der Waals surface area contributed by atoms with E-state index >= 15 is 0 Å². The molecule has 0 aromatic carbocycles. The van der Waals surface area contributed by atoms with Crippen LogP contribution in [0.15, 0.2) is 28.9 Å². The highest BCUT2D eigenvalue weighted by atomic mass is 16.5. The van der Waals surface area contributed by atoms with Crippen molar-refractivity contribution in [2.24, 2.45) is 0 Å². The first kappa shape index (κ1) is 16.6. The summed E-state index contributed by atoms with van der Waals surface area (Å²) in [6.07, 6.45) is 2.93. The number of carbonyl (C=O) groups excluding carboxylic acids is 1. The molecule has 0 N–H and O–H groups in total. The molecule has 2 aromatic rings. The molecule has 1 fully saturated rings. The van der Waals surface area contributed by atoms with Gasteiger partial charge in [0.2, 0.25) is 17.7 Å². The van der Waals surface area contributed by atoms with Crippen LogP contribution in [0.4, 0.5) is 0 Å². The van der Waals surface area contributed by atoms with E-state index in [9.17, 15) is 4.79 Å². The number of morpholine rings is 1. The number of aromatic nitrogens is 3. The van der Waals surface area contributed by atoms with E-state index in [1.165, 1.54) is 0 Å². The number of hydrogen-bond donors (Lipinski definition) is 0. The quantitative estimate of drug-likeness (QED) is 0.856. The molecule has 24 heavy (non-hydrogen) atoms. The van der Waals surface area contributed by atoms with Gasteiger partial charge in [0, 0.05) is 25.9 Å². The Balaban J connectivity index is 1.81. The fourth-order valence-electron chi connectivity index (χ4n) is 2.95. The standard InChI is InChI=1S/C17H22N4O3/c1-11-9-21(10-14(23-11)15-20-19-12(2)24-15)16(22)17(3,4)13-6-5-7-18-8-13/h5-8,11,14H,9-10H2,1-4H3/t11-,14-/m1/s1. The van der Waals surface area contributed by atoms with Gasteiger partial charge in [-0.1, -0.05) is 6.07 Å². The Morgan fingerprint density at radius 2 is 2.12 bits per heavy atom. The van der Waals surface area contributed by atoms with Crippen molar-refractivity contribution in [2.75, 3.05) is 13.1 Å². The summed E-state index contributed by atoms with van der Waals surface area (Å²) in [6.45, 7) is 8.43. The van der Waals surface area contributed by atoms with Crippen molar-refractivity contribution < 1.29 is 13.9 Å². The summed E-state index contributed by atoms with van der Waals surface area (Å²) in [7, 11) is 0. The number of amides is 1. The van der Waals surface area contributed by atoms with Gasteiger partial charge in [0.05, 0.1) is 18.1 Å². The maximum atomic E-state index is 13.1. The normalized spacial score (nSPS) is 21.8. The third kappa shape index (κ3) is 3.17. The number of aryl methyl sites for hydroxylation is 1. The van der Waals surface area contributed by atoms with Crippen LogP contribution in [0, 0.1) is 6.92 Å². The van der Waals surface area contributed by atoms with Crippen LogP contribution in [-0.2, 0) is 14.9 Å². The topological polar surface area (TPSA) is 81.4 Å². The summed E-state index contributed by atoms with van der Waals surface area (Å²) in [5, 5.41) is 7.87. The number of nitrogens with zero attached hydrogens (tertiary/aromatic N) is 4. The van der Waals surface area contributed by atoms with E-state index in [2.05, 4.69) is 15.2 Å². The van der Waals surface area contributed by atoms with E-state index in [0.717, 1.165) is 5.56 Å². The van der Waals surface area contributed by atoms with E-state index in [-0.39, 0.29) is 12.0 Å². The van der Waals surface area contributed by atoms with Gasteiger partial charge < -0.3 is 14.1 Å². The second-order valence-corrected chi connectivity index (χ2v) is 6.67. The summed E-state index contributed by atoms with van der Waals surface area (Å²) in [5.74, 6) is 0.934. The lowest BCUT2D eigenvalue weighted by Crippen LogP contribution is -2.51. The molecule has 0 radical (unpaired) electrons. The lowest BCUT2D eigenvalue weighted by atomic mass is 9.84. The van der Waals surface area contributed by atoms with Crippen LogP contribution in [0.3, 0.4) is 0 Å². The molecule has 3 heterocycles. The van der Waals surface area contributed by atoms with Crippen molar-refractivity contribution >= 4 is 5.91 Å². The Morgan fingerprint density at radius 3 is 2.75 bits per heavy atom. The third-order valence-corrected chi connectivity index (χ3v) is 4.28. The molecule has 1 amide bonds. The highest BCUT2D eigenvalue weighted by Gasteiger charge is 2.39. The molecule has 0 aliphatic carbocycles. The summed E-state index contributed by atoms with van der Waals surface area (Å²) in [5.41, 5.74) is 0.222. The molecular formula is C17H22N4O3. The van der Waals surface area contributed by atoms with Crippen molar-refractivity contribution in [1.82, 2.24) is 20.1 Å². The Morgan fingerprint density at radius 1 is 1.33 bits per heavy atom. The molecule has 1 aliphatic rings. The predicted octanol–water partition coefficient (Wildman–Crippen LogP) is 2.04. The highest BCUT2D eigenvalue weighted by Crippen LogP contribution is 2.30. The monoisotopic (exact) mass is 330 g/mol. The zero-order chi connectivity index (χ0) is 17.3. The first-order valence-electron chi connectivity index (χ1n) is 8.03. The number of pyridine rings is 1. The van der Waals surface area contributed by atoms with E-state index in [1.807, 2.05) is 37.8 Å². The van der Waals surface area contributed by atoms with Gasteiger partial charge in [-0.2, -0.15) is 0 Å². The smallest absolute Gasteiger partial charge is 0.247 e. The van der Waals surface area contributed by atoms with E-state index in [4.69, 9.17) is 9.15 Å². The average molecular weight is 330 g/mol. The van der Waals surface area contributed by atoms with Crippen LogP contribution in [-0.4, -0.2) is 45.2 Å². The Kier molecular flexibility index (Phi) is 4.36. The number of rotatable bonds is 3. The Hall–Kier alpha value is -2.28. The molecule has 7 nitrogen and oxygen atoms in total. The lowest BCUT2D eigenvalue weighted by molar-refractivity contribution is -0.151. The average Bonchev–Trinajstić information content (AvgIpc) is 3.01. The van der Waals surface area contributed by atoms with Gasteiger partial charge >= 0.3 is 0 Å². The molecule has 0 bridgehead atoms. The van der Waals surface area contributed by atoms with Gasteiger partial charge in [0.25, 0.3) is 0 Å². The highest BCUT2D eigenvalue weighted by molar-refractivity contribution is 5.87. The van der Waals surface area contributed by atoms with Gasteiger partial charge in [-0.05, 0) is 32.4 Å². The van der Waals surface area contributed by atoms with Gasteiger partial charge in [-0.15, -0.1) is 10.2 Å². The van der Waals surface area contributed by atoms with Crippen molar-refractivity contribution in [2.45, 2.75) is 45.3 Å². The number of hydrogen-bond acceptors (Lipinski definition) is 6. The fraction of sp³-hybridized carbons (Fsp3) is 0.529. The van der Waals surface area contributed by atoms with Crippen LogP contribution in [0.1, 0.15) is 44.2 Å². The van der Waals surface area contributed by atoms with Crippen molar-refractivity contribution in [1.29, 1.82) is 0 Å². The first-order chi connectivity index (χ1) is 11.4. The number of ether oxygens (including phenoxy) is 1. The van der Waals surface area contributed by atoms with Crippen molar-refractivity contribution in [3.8, 4) is 0 Å². The summed E-state index contributed by atoms with van der Waals surface area (Å²) < 4.78 is 11.4. The fourth-order valence-corrected chi connectivity index (χ4v) is 2.95. The molecule has 2 aromatic heterocycles. The molecule has 1 saturated heterocycles. The number of carbonyl (C=O) groups is 1. The lowest BCUT2D eigenvalue weighted by Gasteiger charge is -2.39. The van der Waals surface area contributed by atoms with Crippen LogP contribution < -0.4 is 0 Å². The minimum absolute atomic E-state index is 0.0342. The molecule has 3 rings (SSSR count). The maximum Gasteiger partial charge on any atom is 0.247 e. The molecule has 128 valence electrons. The molecule has 0 saturated carbocycles. The Bertz CT molecular complexity index is 714. The minimum atomic E-state index is -0.666. The zero-order valence-electron chi connectivity index (χ0n) is 14.4. The van der Waals surface area contributed by atoms with Gasteiger partial charge in [0.1, 0.15) is 0 Å². The van der Waals surface area contributed by atoms with Crippen molar-refractivity contribution in [3.63, 3.8) is 0 Å². The van der Waals surface area contributed by atoms with Crippen LogP contribution in [0.2, 0.25) is 0 Å². The summed E-state index contributed by atoms with van der Waals surface area (Å²) in [4.78, 5) is 19.1. The molecule has 2 atom stereocenters. The predicted molar refractivity (Wildman–Crippen MR) is 86.2 cm³/mol. The van der Waals surface area contributed by atoms with Crippen LogP contribution in [0.25, 0.3) is 0 Å². The van der Waals surface area contributed by atoms with Crippen LogP contribution >= 0.6 is 0 Å². The summed E-state index contributed by atoms with van der Waals surface area (Å²) >= 11 is 0. The van der Waals surface area contributed by atoms with E-state index in [0.29, 0.717) is 24.9 Å². The molecule has 0 spiro atoms. The molecule has 0 unspecified atom stereocenters. The van der Waals surface area contributed by atoms with Crippen LogP contribution in [0.5, 0.6) is 0 Å². The second kappa shape index (κ2) is 6.32. The summed E-state index contributed by atoms with van der Waals surface area (Å²) in [6, 6.07) is 3.77. The zero-order valence-corrected chi connectivity index (χ0v) is 14.4. The molecule has 1 aliphatic heterocycles. The van der Waals surface area contributed by atoms with E-state index in [1.54, 1.807) is 19.3 Å². The minimum Gasteiger partial charge on any atom is -0.423 e. The van der Waals surface area contributed by atoms with Crippen molar-refractivity contribution in [3.05, 3.63) is 41.9 Å². The first-order valence-corrected chi connectivity index (χ1v) is 8.03. The Labute approximate surface area is 141 Å². The van der Waals surface area contributed by atoms with Gasteiger partial charge in [-0.3, -0.25) is 9.78 Å². The third-order valence-electron chi connectivity index (χ3n) is 4.28. The van der Waals surface area contributed by atoms with Gasteiger partial charge in [0.15, 0.2) is 6.10 Å². The largest absolute Gasteiger partial charge is 0.423 e. The second-order valence-electron chi connectivity index (χ2n) is 6.67. The molecule has 7 heteroatoms. The van der Waals surface area contributed by atoms with E-state index < -0.39 is 11.5 Å². The SMILES string of the molecule is Cc1nnc([C@H]2CN(C(=O)C(C)(C)c3cccnc3)C[C@@H](C)O2)o1. The molecular weight excluding hydrogens is 308 g/mol. The van der Waals surface area contributed by atoms with Gasteiger partial charge in [-0.25, -0.2) is 0 Å². The maximum absolute atomic E-state index is 13.1.